The molecule has 1 atom stereocenters. The number of hydrogen-bond donors (Lipinski definition) is 0. The molecule has 0 aromatic heterocycles. The Kier molecular flexibility index (Phi) is 57.2. The first-order valence-electron chi connectivity index (χ1n) is 30.8. The van der Waals surface area contributed by atoms with Crippen LogP contribution in [0.2, 0.25) is 0 Å². The van der Waals surface area contributed by atoms with Crippen LogP contribution in [0.15, 0.2) is 60.8 Å². The smallest absolute Gasteiger partial charge is 0.306 e. The number of ether oxygens (including phenoxy) is 3. The van der Waals surface area contributed by atoms with Crippen molar-refractivity contribution >= 4 is 17.9 Å². The van der Waals surface area contributed by atoms with Crippen molar-refractivity contribution in [2.45, 2.75) is 322 Å². The van der Waals surface area contributed by atoms with Gasteiger partial charge in [-0.1, -0.05) is 293 Å². The molecule has 0 aliphatic carbocycles. The Morgan fingerprint density at radius 2 is 0.549 bits per heavy atom. The molecule has 0 aliphatic heterocycles. The molecule has 6 nitrogen and oxygen atoms in total. The van der Waals surface area contributed by atoms with Gasteiger partial charge in [0, 0.05) is 19.3 Å². The molecule has 0 fully saturated rings. The van der Waals surface area contributed by atoms with Crippen LogP contribution in [0.3, 0.4) is 0 Å². The fourth-order valence-electron chi connectivity index (χ4n) is 8.94. The normalized spacial score (nSPS) is 12.4. The number of carbonyl (C=O) groups is 3. The van der Waals surface area contributed by atoms with Gasteiger partial charge in [-0.15, -0.1) is 0 Å². The zero-order valence-electron chi connectivity index (χ0n) is 47.2. The number of allylic oxidation sites excluding steroid dienone is 10. The quantitative estimate of drug-likeness (QED) is 0.0261. The summed E-state index contributed by atoms with van der Waals surface area (Å²) < 4.78 is 16.9. The second kappa shape index (κ2) is 59.7. The fourth-order valence-corrected chi connectivity index (χ4v) is 8.94. The largest absolute Gasteiger partial charge is 0.462 e. The van der Waals surface area contributed by atoms with E-state index in [4.69, 9.17) is 14.2 Å². The summed E-state index contributed by atoms with van der Waals surface area (Å²) in [7, 11) is 0. The van der Waals surface area contributed by atoms with Gasteiger partial charge in [0.25, 0.3) is 0 Å². The second-order valence-electron chi connectivity index (χ2n) is 20.6. The van der Waals surface area contributed by atoms with Crippen LogP contribution in [0.1, 0.15) is 316 Å². The monoisotopic (exact) mass is 993 g/mol. The molecule has 0 radical (unpaired) electrons. The molecule has 71 heavy (non-hydrogen) atoms. The van der Waals surface area contributed by atoms with Crippen LogP contribution < -0.4 is 0 Å². The average Bonchev–Trinajstić information content (AvgIpc) is 3.37. The van der Waals surface area contributed by atoms with Crippen LogP contribution in [0.25, 0.3) is 0 Å². The van der Waals surface area contributed by atoms with E-state index in [1.54, 1.807) is 0 Å². The maximum Gasteiger partial charge on any atom is 0.306 e. The highest BCUT2D eigenvalue weighted by Gasteiger charge is 2.19. The Morgan fingerprint density at radius 1 is 0.296 bits per heavy atom. The molecule has 0 spiro atoms. The van der Waals surface area contributed by atoms with Crippen molar-refractivity contribution in [1.82, 2.24) is 0 Å². The third-order valence-electron chi connectivity index (χ3n) is 13.5. The summed E-state index contributed by atoms with van der Waals surface area (Å²) in [4.78, 5) is 38.1. The Labute approximate surface area is 440 Å². The Hall–Kier alpha value is -2.89. The molecule has 1 unspecified atom stereocenters. The van der Waals surface area contributed by atoms with E-state index in [-0.39, 0.29) is 31.1 Å². The van der Waals surface area contributed by atoms with Gasteiger partial charge in [0.05, 0.1) is 0 Å². The van der Waals surface area contributed by atoms with E-state index in [0.717, 1.165) is 89.9 Å². The molecule has 0 N–H and O–H groups in total. The molecular weight excluding hydrogens is 877 g/mol. The first kappa shape index (κ1) is 68.1. The molecular formula is C65H116O6. The highest BCUT2D eigenvalue weighted by molar-refractivity contribution is 5.71. The van der Waals surface area contributed by atoms with Gasteiger partial charge < -0.3 is 14.2 Å². The first-order valence-corrected chi connectivity index (χ1v) is 30.8. The molecule has 0 aromatic carbocycles. The topological polar surface area (TPSA) is 78.9 Å². The summed E-state index contributed by atoms with van der Waals surface area (Å²) in [5.74, 6) is -0.859. The lowest BCUT2D eigenvalue weighted by Crippen LogP contribution is -2.30. The summed E-state index contributed by atoms with van der Waals surface area (Å²) in [5, 5.41) is 0. The molecule has 0 bridgehead atoms. The third kappa shape index (κ3) is 57.9. The summed E-state index contributed by atoms with van der Waals surface area (Å²) in [6.45, 7) is 6.55. The summed E-state index contributed by atoms with van der Waals surface area (Å²) in [6, 6.07) is 0. The van der Waals surface area contributed by atoms with E-state index >= 15 is 0 Å². The molecule has 6 heteroatoms. The van der Waals surface area contributed by atoms with Gasteiger partial charge in [0.2, 0.25) is 0 Å². The highest BCUT2D eigenvalue weighted by Crippen LogP contribution is 2.17. The lowest BCUT2D eigenvalue weighted by molar-refractivity contribution is -0.167. The van der Waals surface area contributed by atoms with Crippen molar-refractivity contribution in [3.63, 3.8) is 0 Å². The van der Waals surface area contributed by atoms with Gasteiger partial charge in [-0.05, 0) is 64.2 Å². The highest BCUT2D eigenvalue weighted by atomic mass is 16.6. The maximum absolute atomic E-state index is 12.9. The Morgan fingerprint density at radius 3 is 0.859 bits per heavy atom. The van der Waals surface area contributed by atoms with Crippen LogP contribution in [-0.4, -0.2) is 37.2 Å². The predicted octanol–water partition coefficient (Wildman–Crippen LogP) is 20.8. The van der Waals surface area contributed by atoms with E-state index in [1.807, 2.05) is 0 Å². The molecule has 0 heterocycles. The van der Waals surface area contributed by atoms with Crippen molar-refractivity contribution in [1.29, 1.82) is 0 Å². The van der Waals surface area contributed by atoms with Crippen molar-refractivity contribution < 1.29 is 28.6 Å². The van der Waals surface area contributed by atoms with Crippen molar-refractivity contribution in [3.05, 3.63) is 60.8 Å². The molecule has 0 aromatic rings. The maximum atomic E-state index is 12.9. The molecule has 0 aliphatic rings. The minimum absolute atomic E-state index is 0.0700. The molecule has 0 rings (SSSR count). The van der Waals surface area contributed by atoms with Gasteiger partial charge >= 0.3 is 17.9 Å². The number of rotatable bonds is 56. The van der Waals surface area contributed by atoms with Crippen LogP contribution in [0.4, 0.5) is 0 Å². The van der Waals surface area contributed by atoms with Gasteiger partial charge in [0.1, 0.15) is 13.2 Å². The summed E-state index contributed by atoms with van der Waals surface area (Å²) in [5.41, 5.74) is 0. The van der Waals surface area contributed by atoms with Crippen LogP contribution >= 0.6 is 0 Å². The van der Waals surface area contributed by atoms with Crippen molar-refractivity contribution in [2.24, 2.45) is 0 Å². The molecule has 0 saturated carbocycles. The van der Waals surface area contributed by atoms with E-state index in [9.17, 15) is 14.4 Å². The first-order chi connectivity index (χ1) is 35.0. The average molecular weight is 994 g/mol. The minimum atomic E-state index is -0.770. The predicted molar refractivity (Wildman–Crippen MR) is 307 cm³/mol. The standard InChI is InChI=1S/C65H116O6/c1-4-7-10-13-16-19-21-23-25-27-28-29-30-31-32-33-34-35-36-38-39-41-43-46-49-52-55-58-64(67)70-61-62(60-69-63(66)57-54-51-48-45-18-15-12-9-6-3)71-65(68)59-56-53-50-47-44-42-40-37-26-24-22-20-17-14-11-8-5-2/h7,10,16,19,23,25,28-29,31-32,62H,4-6,8-9,11-15,17-18,20-22,24,26-27,30,33-61H2,1-3H3/b10-7-,19-16-,25-23-,29-28-,32-31-. The zero-order valence-corrected chi connectivity index (χ0v) is 47.2. The van der Waals surface area contributed by atoms with Crippen LogP contribution in [0, 0.1) is 0 Å². The van der Waals surface area contributed by atoms with E-state index in [0.29, 0.717) is 19.3 Å². The van der Waals surface area contributed by atoms with Gasteiger partial charge in [-0.2, -0.15) is 0 Å². The lowest BCUT2D eigenvalue weighted by Gasteiger charge is -2.18. The number of hydrogen-bond acceptors (Lipinski definition) is 6. The third-order valence-corrected chi connectivity index (χ3v) is 13.5. The summed E-state index contributed by atoms with van der Waals surface area (Å²) in [6.07, 6.45) is 75.2. The lowest BCUT2D eigenvalue weighted by atomic mass is 10.0. The van der Waals surface area contributed by atoms with Crippen LogP contribution in [-0.2, 0) is 28.6 Å². The van der Waals surface area contributed by atoms with Crippen LogP contribution in [0.5, 0.6) is 0 Å². The van der Waals surface area contributed by atoms with E-state index < -0.39 is 6.10 Å². The van der Waals surface area contributed by atoms with Gasteiger partial charge in [-0.3, -0.25) is 14.4 Å². The number of esters is 3. The zero-order chi connectivity index (χ0) is 51.4. The Bertz CT molecular complexity index is 1280. The molecule has 412 valence electrons. The van der Waals surface area contributed by atoms with Crippen molar-refractivity contribution in [3.8, 4) is 0 Å². The summed E-state index contributed by atoms with van der Waals surface area (Å²) >= 11 is 0. The SMILES string of the molecule is CC/C=C\C/C=C\C/C=C\C/C=C\C/C=C\CCCCCCCCCCCCCC(=O)OCC(COC(=O)CCCCCCCCCCC)OC(=O)CCCCCCCCCCCCCCCCCCC. The van der Waals surface area contributed by atoms with E-state index in [2.05, 4.69) is 81.5 Å². The number of carbonyl (C=O) groups excluding carboxylic acids is 3. The second-order valence-corrected chi connectivity index (χ2v) is 20.6. The van der Waals surface area contributed by atoms with Gasteiger partial charge in [-0.25, -0.2) is 0 Å². The van der Waals surface area contributed by atoms with E-state index in [1.165, 1.54) is 186 Å². The molecule has 0 amide bonds. The van der Waals surface area contributed by atoms with Gasteiger partial charge in [0.15, 0.2) is 6.10 Å². The Balaban J connectivity index is 4.18. The number of unbranched alkanes of at least 4 members (excludes halogenated alkanes) is 35. The minimum Gasteiger partial charge on any atom is -0.462 e. The van der Waals surface area contributed by atoms with Crippen molar-refractivity contribution in [2.75, 3.05) is 13.2 Å². The molecule has 0 saturated heterocycles. The fraction of sp³-hybridized carbons (Fsp3) is 0.800.